The van der Waals surface area contributed by atoms with Crippen LogP contribution in [0, 0.1) is 0 Å². The van der Waals surface area contributed by atoms with Gasteiger partial charge in [-0.25, -0.2) is 13.4 Å². The summed E-state index contributed by atoms with van der Waals surface area (Å²) >= 11 is 18.2. The van der Waals surface area contributed by atoms with E-state index in [0.29, 0.717) is 29.0 Å². The van der Waals surface area contributed by atoms with Gasteiger partial charge in [0.15, 0.2) is 0 Å². The van der Waals surface area contributed by atoms with Crippen LogP contribution in [0.4, 0.5) is 5.82 Å². The molecule has 2 aromatic rings. The lowest BCUT2D eigenvalue weighted by molar-refractivity contribution is 0.240. The number of aromatic nitrogens is 1. The molecule has 2 heterocycles. The minimum atomic E-state index is -3.71. The van der Waals surface area contributed by atoms with Crippen LogP contribution in [0.25, 0.3) is 0 Å². The summed E-state index contributed by atoms with van der Waals surface area (Å²) in [5, 5.41) is 1.08. The number of pyridine rings is 1. The van der Waals surface area contributed by atoms with Crippen molar-refractivity contribution in [1.29, 1.82) is 0 Å². The third-order valence-corrected chi connectivity index (χ3v) is 7.50. The van der Waals surface area contributed by atoms with Gasteiger partial charge < -0.3 is 4.90 Å². The summed E-state index contributed by atoms with van der Waals surface area (Å²) in [6.45, 7) is 4.71. The lowest BCUT2D eigenvalue weighted by Gasteiger charge is -2.44. The first kappa shape index (κ1) is 19.7. The summed E-state index contributed by atoms with van der Waals surface area (Å²) in [7, 11) is -3.71. The van der Waals surface area contributed by atoms with Crippen LogP contribution in [0.3, 0.4) is 0 Å². The second-order valence-corrected chi connectivity index (χ2v) is 9.39. The van der Waals surface area contributed by atoms with Gasteiger partial charge in [-0.3, -0.25) is 0 Å². The third-order valence-electron chi connectivity index (χ3n) is 4.34. The van der Waals surface area contributed by atoms with Gasteiger partial charge in [0.1, 0.15) is 5.82 Å². The third kappa shape index (κ3) is 3.66. The van der Waals surface area contributed by atoms with Crippen molar-refractivity contribution in [2.45, 2.75) is 30.8 Å². The van der Waals surface area contributed by atoms with Crippen LogP contribution < -0.4 is 4.90 Å². The van der Waals surface area contributed by atoms with Crippen LogP contribution in [-0.4, -0.2) is 42.9 Å². The molecule has 26 heavy (non-hydrogen) atoms. The maximum absolute atomic E-state index is 13.1. The normalized spacial score (nSPS) is 21.8. The number of sulfonamides is 1. The van der Waals surface area contributed by atoms with Crippen LogP contribution in [0.5, 0.6) is 0 Å². The second-order valence-electron chi connectivity index (χ2n) is 6.32. The molecule has 140 valence electrons. The quantitative estimate of drug-likeness (QED) is 0.721. The summed E-state index contributed by atoms with van der Waals surface area (Å²) in [6.07, 6.45) is 1.68. The highest BCUT2D eigenvalue weighted by molar-refractivity contribution is 7.89. The molecule has 1 fully saturated rings. The van der Waals surface area contributed by atoms with Gasteiger partial charge in [0.25, 0.3) is 0 Å². The minimum Gasteiger partial charge on any atom is -0.352 e. The molecule has 3 rings (SSSR count). The van der Waals surface area contributed by atoms with Gasteiger partial charge in [0, 0.05) is 31.4 Å². The van der Waals surface area contributed by atoms with E-state index >= 15 is 0 Å². The van der Waals surface area contributed by atoms with Crippen molar-refractivity contribution < 1.29 is 8.42 Å². The second kappa shape index (κ2) is 7.52. The Hall–Kier alpha value is -1.05. The molecule has 1 saturated heterocycles. The highest BCUT2D eigenvalue weighted by Crippen LogP contribution is 2.32. The predicted octanol–water partition coefficient (Wildman–Crippen LogP) is 4.33. The monoisotopic (exact) mass is 433 g/mol. The lowest BCUT2D eigenvalue weighted by atomic mass is 10.1. The first-order valence-electron chi connectivity index (χ1n) is 8.06. The van der Waals surface area contributed by atoms with Crippen molar-refractivity contribution in [3.05, 3.63) is 51.6 Å². The van der Waals surface area contributed by atoms with Gasteiger partial charge >= 0.3 is 0 Å². The molecule has 2 atom stereocenters. The summed E-state index contributed by atoms with van der Waals surface area (Å²) in [5.74, 6) is 0.666. The number of benzene rings is 1. The van der Waals surface area contributed by atoms with Gasteiger partial charge in [0.05, 0.1) is 20.0 Å². The van der Waals surface area contributed by atoms with Crippen LogP contribution in [-0.2, 0) is 10.0 Å². The zero-order chi connectivity index (χ0) is 19.1. The number of nitrogens with zero attached hydrogens (tertiary/aromatic N) is 3. The first-order valence-corrected chi connectivity index (χ1v) is 10.6. The standard InChI is InChI=1S/C17H18Cl3N3O2S/c1-11-9-22(17-15(19)4-3-7-21-17)10-12(2)23(11)26(24,25)13-5-6-14(18)16(20)8-13/h3-8,11-12H,9-10H2,1-2H3. The average molecular weight is 435 g/mol. The van der Waals surface area contributed by atoms with E-state index in [0.717, 1.165) is 0 Å². The molecule has 1 aromatic carbocycles. The Morgan fingerprint density at radius 1 is 1.00 bits per heavy atom. The molecule has 0 N–H and O–H groups in total. The highest BCUT2D eigenvalue weighted by Gasteiger charge is 2.39. The van der Waals surface area contributed by atoms with E-state index in [1.54, 1.807) is 18.3 Å². The van der Waals surface area contributed by atoms with Crippen molar-refractivity contribution in [1.82, 2.24) is 9.29 Å². The molecule has 0 amide bonds. The highest BCUT2D eigenvalue weighted by atomic mass is 35.5. The van der Waals surface area contributed by atoms with Crippen LogP contribution in [0.2, 0.25) is 15.1 Å². The number of piperazine rings is 1. The van der Waals surface area contributed by atoms with E-state index in [4.69, 9.17) is 34.8 Å². The van der Waals surface area contributed by atoms with E-state index in [9.17, 15) is 8.42 Å². The number of hydrogen-bond donors (Lipinski definition) is 0. The van der Waals surface area contributed by atoms with Crippen molar-refractivity contribution in [2.75, 3.05) is 18.0 Å². The summed E-state index contributed by atoms with van der Waals surface area (Å²) in [6, 6.07) is 7.37. The molecule has 9 heteroatoms. The number of halogens is 3. The SMILES string of the molecule is CC1CN(c2ncccc2Cl)CC(C)N1S(=O)(=O)c1ccc(Cl)c(Cl)c1. The average Bonchev–Trinajstić information content (AvgIpc) is 2.56. The van der Waals surface area contributed by atoms with E-state index in [-0.39, 0.29) is 22.0 Å². The van der Waals surface area contributed by atoms with Crippen molar-refractivity contribution in [2.24, 2.45) is 0 Å². The molecule has 5 nitrogen and oxygen atoms in total. The molecule has 0 spiro atoms. The molecule has 1 aliphatic rings. The van der Waals surface area contributed by atoms with Crippen LogP contribution in [0.15, 0.2) is 41.4 Å². The topological polar surface area (TPSA) is 53.5 Å². The Bertz CT molecular complexity index is 911. The number of rotatable bonds is 3. The lowest BCUT2D eigenvalue weighted by Crippen LogP contribution is -2.58. The molecule has 0 aliphatic carbocycles. The predicted molar refractivity (Wildman–Crippen MR) is 106 cm³/mol. The zero-order valence-electron chi connectivity index (χ0n) is 14.2. The fourth-order valence-electron chi connectivity index (χ4n) is 3.32. The minimum absolute atomic E-state index is 0.134. The Balaban J connectivity index is 1.90. The zero-order valence-corrected chi connectivity index (χ0v) is 17.3. The van der Waals surface area contributed by atoms with E-state index in [1.165, 1.54) is 22.5 Å². The van der Waals surface area contributed by atoms with Gasteiger partial charge in [0.2, 0.25) is 10.0 Å². The Morgan fingerprint density at radius 3 is 2.23 bits per heavy atom. The van der Waals surface area contributed by atoms with E-state index in [1.807, 2.05) is 18.7 Å². The maximum Gasteiger partial charge on any atom is 0.243 e. The van der Waals surface area contributed by atoms with E-state index in [2.05, 4.69) is 4.98 Å². The fourth-order valence-corrected chi connectivity index (χ4v) is 5.76. The number of anilines is 1. The van der Waals surface area contributed by atoms with Crippen molar-refractivity contribution in [3.8, 4) is 0 Å². The summed E-state index contributed by atoms with van der Waals surface area (Å²) in [5.41, 5.74) is 0. The molecule has 2 unspecified atom stereocenters. The Kier molecular flexibility index (Phi) is 5.70. The van der Waals surface area contributed by atoms with Gasteiger partial charge in [-0.05, 0) is 44.2 Å². The molecule has 0 saturated carbocycles. The van der Waals surface area contributed by atoms with Crippen LogP contribution >= 0.6 is 34.8 Å². The molecule has 0 radical (unpaired) electrons. The molecule has 0 bridgehead atoms. The molecule has 1 aliphatic heterocycles. The number of hydrogen-bond acceptors (Lipinski definition) is 4. The molecular formula is C17H18Cl3N3O2S. The molecule has 1 aromatic heterocycles. The largest absolute Gasteiger partial charge is 0.352 e. The van der Waals surface area contributed by atoms with Gasteiger partial charge in [-0.15, -0.1) is 0 Å². The maximum atomic E-state index is 13.1. The van der Waals surface area contributed by atoms with Crippen molar-refractivity contribution in [3.63, 3.8) is 0 Å². The van der Waals surface area contributed by atoms with Crippen LogP contribution in [0.1, 0.15) is 13.8 Å². The Morgan fingerprint density at radius 2 is 1.65 bits per heavy atom. The molecular weight excluding hydrogens is 417 g/mol. The van der Waals surface area contributed by atoms with Gasteiger partial charge in [-0.2, -0.15) is 4.31 Å². The summed E-state index contributed by atoms with van der Waals surface area (Å²) in [4.78, 5) is 6.48. The van der Waals surface area contributed by atoms with Crippen molar-refractivity contribution >= 4 is 50.6 Å². The Labute approximate surface area is 168 Å². The smallest absolute Gasteiger partial charge is 0.243 e. The first-order chi connectivity index (χ1) is 12.2. The van der Waals surface area contributed by atoms with E-state index < -0.39 is 10.0 Å². The fraction of sp³-hybridized carbons (Fsp3) is 0.353. The summed E-state index contributed by atoms with van der Waals surface area (Å²) < 4.78 is 27.8. The van der Waals surface area contributed by atoms with Gasteiger partial charge in [-0.1, -0.05) is 34.8 Å².